The van der Waals surface area contributed by atoms with Gasteiger partial charge in [-0.05, 0) is 54.1 Å². The Bertz CT molecular complexity index is 1510. The Kier molecular flexibility index (Phi) is 5.60. The summed E-state index contributed by atoms with van der Waals surface area (Å²) < 4.78 is 13.2. The predicted molar refractivity (Wildman–Crippen MR) is 137 cm³/mol. The SMILES string of the molecule is Cn1c(NCc2ccc(Oc3ncc4cc(Cl)ccc4n3)cc2)nc2ccc(NC3COC3)cc21. The van der Waals surface area contributed by atoms with E-state index >= 15 is 0 Å². The Morgan fingerprint density at radius 2 is 1.86 bits per heavy atom. The molecular formula is C26H23ClN6O2. The van der Waals surface area contributed by atoms with E-state index in [4.69, 9.17) is 26.1 Å². The number of aryl methyl sites for hydroxylation is 1. The molecule has 9 heteroatoms. The molecule has 5 aromatic rings. The number of hydrogen-bond acceptors (Lipinski definition) is 7. The van der Waals surface area contributed by atoms with E-state index < -0.39 is 0 Å². The maximum Gasteiger partial charge on any atom is 0.322 e. The normalized spacial score (nSPS) is 13.7. The molecule has 0 radical (unpaired) electrons. The van der Waals surface area contributed by atoms with Crippen molar-refractivity contribution in [3.63, 3.8) is 0 Å². The zero-order valence-electron chi connectivity index (χ0n) is 19.0. The predicted octanol–water partition coefficient (Wildman–Crippen LogP) is 5.39. The summed E-state index contributed by atoms with van der Waals surface area (Å²) in [6.07, 6.45) is 1.71. The maximum absolute atomic E-state index is 6.02. The molecule has 1 saturated heterocycles. The van der Waals surface area contributed by atoms with Crippen LogP contribution >= 0.6 is 11.6 Å². The highest BCUT2D eigenvalue weighted by atomic mass is 35.5. The molecule has 176 valence electrons. The van der Waals surface area contributed by atoms with E-state index in [1.54, 1.807) is 12.3 Å². The highest BCUT2D eigenvalue weighted by Gasteiger charge is 2.18. The van der Waals surface area contributed by atoms with Crippen molar-refractivity contribution in [2.45, 2.75) is 12.6 Å². The second-order valence-electron chi connectivity index (χ2n) is 8.53. The van der Waals surface area contributed by atoms with Gasteiger partial charge in [0.25, 0.3) is 0 Å². The lowest BCUT2D eigenvalue weighted by Gasteiger charge is -2.27. The number of hydrogen-bond donors (Lipinski definition) is 2. The van der Waals surface area contributed by atoms with E-state index in [1.165, 1.54) is 0 Å². The molecule has 35 heavy (non-hydrogen) atoms. The minimum Gasteiger partial charge on any atom is -0.424 e. The zero-order valence-corrected chi connectivity index (χ0v) is 19.8. The van der Waals surface area contributed by atoms with Crippen LogP contribution < -0.4 is 15.4 Å². The molecule has 2 N–H and O–H groups in total. The number of anilines is 2. The third-order valence-corrected chi connectivity index (χ3v) is 6.23. The second kappa shape index (κ2) is 9.05. The molecule has 6 rings (SSSR count). The third-order valence-electron chi connectivity index (χ3n) is 5.99. The third kappa shape index (κ3) is 4.58. The molecule has 3 heterocycles. The second-order valence-corrected chi connectivity index (χ2v) is 8.97. The van der Waals surface area contributed by atoms with E-state index in [0.29, 0.717) is 29.4 Å². The van der Waals surface area contributed by atoms with Crippen molar-refractivity contribution in [2.24, 2.45) is 7.05 Å². The van der Waals surface area contributed by atoms with Crippen LogP contribution in [0, 0.1) is 0 Å². The van der Waals surface area contributed by atoms with Gasteiger partial charge in [0.15, 0.2) is 0 Å². The highest BCUT2D eigenvalue weighted by Crippen LogP contribution is 2.25. The smallest absolute Gasteiger partial charge is 0.322 e. The van der Waals surface area contributed by atoms with E-state index in [1.807, 2.05) is 49.5 Å². The van der Waals surface area contributed by atoms with Gasteiger partial charge in [-0.1, -0.05) is 23.7 Å². The van der Waals surface area contributed by atoms with Crippen molar-refractivity contribution in [2.75, 3.05) is 23.8 Å². The summed E-state index contributed by atoms with van der Waals surface area (Å²) in [5.41, 5.74) is 4.98. The van der Waals surface area contributed by atoms with Crippen molar-refractivity contribution in [3.8, 4) is 11.8 Å². The van der Waals surface area contributed by atoms with Crippen LogP contribution in [-0.2, 0) is 18.3 Å². The lowest BCUT2D eigenvalue weighted by Crippen LogP contribution is -2.40. The first-order valence-corrected chi connectivity index (χ1v) is 11.7. The van der Waals surface area contributed by atoms with Gasteiger partial charge in [0.05, 0.1) is 35.8 Å². The van der Waals surface area contributed by atoms with Gasteiger partial charge in [-0.2, -0.15) is 4.98 Å². The molecule has 0 aliphatic carbocycles. The molecule has 0 amide bonds. The molecule has 8 nitrogen and oxygen atoms in total. The molecule has 0 unspecified atom stereocenters. The van der Waals surface area contributed by atoms with Gasteiger partial charge in [0, 0.05) is 35.9 Å². The topological polar surface area (TPSA) is 86.1 Å². The molecule has 1 aliphatic rings. The largest absolute Gasteiger partial charge is 0.424 e. The Balaban J connectivity index is 1.11. The van der Waals surface area contributed by atoms with E-state index in [-0.39, 0.29) is 0 Å². The molecular weight excluding hydrogens is 464 g/mol. The minimum atomic E-state index is 0.295. The van der Waals surface area contributed by atoms with Crippen molar-refractivity contribution < 1.29 is 9.47 Å². The van der Waals surface area contributed by atoms with E-state index in [2.05, 4.69) is 37.3 Å². The summed E-state index contributed by atoms with van der Waals surface area (Å²) in [6.45, 7) is 2.14. The summed E-state index contributed by atoms with van der Waals surface area (Å²) in [6, 6.07) is 20.2. The Hall–Kier alpha value is -3.88. The van der Waals surface area contributed by atoms with Gasteiger partial charge in [0.1, 0.15) is 5.75 Å². The quantitative estimate of drug-likeness (QED) is 0.319. The van der Waals surface area contributed by atoms with Gasteiger partial charge in [-0.3, -0.25) is 0 Å². The van der Waals surface area contributed by atoms with Crippen LogP contribution in [-0.4, -0.2) is 38.8 Å². The molecule has 0 atom stereocenters. The number of rotatable bonds is 7. The fraction of sp³-hybridized carbons (Fsp3) is 0.192. The van der Waals surface area contributed by atoms with Crippen LogP contribution in [0.1, 0.15) is 5.56 Å². The zero-order chi connectivity index (χ0) is 23.8. The van der Waals surface area contributed by atoms with Gasteiger partial charge < -0.3 is 24.7 Å². The van der Waals surface area contributed by atoms with Crippen molar-refractivity contribution in [1.82, 2.24) is 19.5 Å². The Morgan fingerprint density at radius 1 is 1.03 bits per heavy atom. The summed E-state index contributed by atoms with van der Waals surface area (Å²) in [5.74, 6) is 1.48. The fourth-order valence-corrected chi connectivity index (χ4v) is 4.17. The first-order valence-electron chi connectivity index (χ1n) is 11.3. The summed E-state index contributed by atoms with van der Waals surface area (Å²) in [4.78, 5) is 13.5. The van der Waals surface area contributed by atoms with Gasteiger partial charge in [0.2, 0.25) is 5.95 Å². The molecule has 0 saturated carbocycles. The fourth-order valence-electron chi connectivity index (χ4n) is 3.99. The van der Waals surface area contributed by atoms with Crippen molar-refractivity contribution in [3.05, 3.63) is 77.4 Å². The summed E-state index contributed by atoms with van der Waals surface area (Å²) in [7, 11) is 2.02. The number of ether oxygens (including phenoxy) is 2. The molecule has 3 aromatic carbocycles. The lowest BCUT2D eigenvalue weighted by molar-refractivity contribution is 0.0211. The van der Waals surface area contributed by atoms with E-state index in [9.17, 15) is 0 Å². The lowest BCUT2D eigenvalue weighted by atomic mass is 10.2. The van der Waals surface area contributed by atoms with Crippen molar-refractivity contribution >= 4 is 45.2 Å². The van der Waals surface area contributed by atoms with Crippen LogP contribution in [0.5, 0.6) is 11.8 Å². The molecule has 1 aliphatic heterocycles. The minimum absolute atomic E-state index is 0.295. The number of imidazole rings is 1. The Labute approximate surface area is 206 Å². The highest BCUT2D eigenvalue weighted by molar-refractivity contribution is 6.31. The number of nitrogens with one attached hydrogen (secondary N) is 2. The van der Waals surface area contributed by atoms with Crippen molar-refractivity contribution in [1.29, 1.82) is 0 Å². The monoisotopic (exact) mass is 486 g/mol. The molecule has 2 aromatic heterocycles. The van der Waals surface area contributed by atoms with Crippen LogP contribution in [0.4, 0.5) is 11.6 Å². The standard InChI is InChI=1S/C26H23ClN6O2/c1-33-24-11-19(30-20-14-34-15-20)5-9-23(24)31-25(33)28-12-16-2-6-21(7-3-16)35-26-29-13-17-10-18(27)4-8-22(17)32-26/h2-11,13,20,30H,12,14-15H2,1H3,(H,28,31). The van der Waals surface area contributed by atoms with E-state index in [0.717, 1.165) is 52.3 Å². The first kappa shape index (κ1) is 21.6. The average molecular weight is 487 g/mol. The van der Waals surface area contributed by atoms with Gasteiger partial charge in [-0.15, -0.1) is 0 Å². The molecule has 1 fully saturated rings. The number of benzene rings is 3. The average Bonchev–Trinajstić information content (AvgIpc) is 3.16. The first-order chi connectivity index (χ1) is 17.1. The Morgan fingerprint density at radius 3 is 2.66 bits per heavy atom. The van der Waals surface area contributed by atoms with Crippen LogP contribution in [0.2, 0.25) is 5.02 Å². The van der Waals surface area contributed by atoms with Crippen LogP contribution in [0.3, 0.4) is 0 Å². The van der Waals surface area contributed by atoms with Gasteiger partial charge >= 0.3 is 6.01 Å². The maximum atomic E-state index is 6.02. The number of halogens is 1. The number of nitrogens with zero attached hydrogens (tertiary/aromatic N) is 4. The molecule has 0 spiro atoms. The summed E-state index contributed by atoms with van der Waals surface area (Å²) >= 11 is 6.02. The van der Waals surface area contributed by atoms with Crippen LogP contribution in [0.15, 0.2) is 66.9 Å². The summed E-state index contributed by atoms with van der Waals surface area (Å²) in [5, 5.41) is 8.44. The van der Waals surface area contributed by atoms with Crippen LogP contribution in [0.25, 0.3) is 21.9 Å². The number of aromatic nitrogens is 4. The molecule has 0 bridgehead atoms. The number of fused-ring (bicyclic) bond motifs is 2. The van der Waals surface area contributed by atoms with Gasteiger partial charge in [-0.25, -0.2) is 9.97 Å².